The van der Waals surface area contributed by atoms with Crippen LogP contribution in [0.4, 0.5) is 11.4 Å². The number of carboxylic acid groups (broad SMARTS) is 2. The number of aromatic carboxylic acids is 2. The highest BCUT2D eigenvalue weighted by molar-refractivity contribution is 5.92. The summed E-state index contributed by atoms with van der Waals surface area (Å²) in [4.78, 5) is 30.4. The highest BCUT2D eigenvalue weighted by Crippen LogP contribution is 2.25. The summed E-state index contributed by atoms with van der Waals surface area (Å²) >= 11 is 0. The molecule has 0 saturated carbocycles. The van der Waals surface area contributed by atoms with Crippen molar-refractivity contribution in [1.82, 2.24) is 9.97 Å². The molecule has 0 spiro atoms. The summed E-state index contributed by atoms with van der Waals surface area (Å²) in [5, 5.41) is 39.9. The van der Waals surface area contributed by atoms with E-state index in [2.05, 4.69) is 9.97 Å². The Labute approximate surface area is 203 Å². The average Bonchev–Trinajstić information content (AvgIpc) is 2.83. The van der Waals surface area contributed by atoms with Gasteiger partial charge in [0, 0.05) is 24.5 Å². The van der Waals surface area contributed by atoms with Crippen LogP contribution in [0.25, 0.3) is 11.4 Å². The fraction of sp³-hybridized carbons (Fsp3) is 0. The Morgan fingerprint density at radius 1 is 0.750 bits per heavy atom. The normalized spacial score (nSPS) is 11.7. The van der Waals surface area contributed by atoms with Crippen molar-refractivity contribution in [3.05, 3.63) is 83.7 Å². The molecule has 14 nitrogen and oxygen atoms in total. The van der Waals surface area contributed by atoms with Crippen molar-refractivity contribution in [2.75, 3.05) is 10.0 Å². The summed E-state index contributed by atoms with van der Waals surface area (Å²) in [5.41, 5.74) is 12.6. The zero-order valence-electron chi connectivity index (χ0n) is 18.5. The first kappa shape index (κ1) is 25.3. The fourth-order valence-electron chi connectivity index (χ4n) is 2.95. The zero-order valence-corrected chi connectivity index (χ0v) is 18.5. The molecular formula is C22H22N8O6. The lowest BCUT2D eigenvalue weighted by Crippen LogP contribution is -2.26. The van der Waals surface area contributed by atoms with Crippen LogP contribution in [-0.2, 0) is 0 Å². The maximum atomic E-state index is 11.0. The highest BCUT2D eigenvalue weighted by Gasteiger charge is 2.14. The number of nitrogens with two attached hydrogens (primary N) is 4. The fourth-order valence-corrected chi connectivity index (χ4v) is 2.95. The Morgan fingerprint density at radius 2 is 1.14 bits per heavy atom. The molecule has 1 aromatic heterocycles. The maximum absolute atomic E-state index is 11.0. The van der Waals surface area contributed by atoms with Gasteiger partial charge < -0.3 is 31.9 Å². The first-order valence-corrected chi connectivity index (χ1v) is 9.95. The van der Waals surface area contributed by atoms with E-state index in [-0.39, 0.29) is 45.3 Å². The van der Waals surface area contributed by atoms with Crippen LogP contribution in [0.2, 0.25) is 0 Å². The molecule has 2 aromatic carbocycles. The van der Waals surface area contributed by atoms with Gasteiger partial charge in [-0.3, -0.25) is 15.0 Å². The number of hydrogen-bond acceptors (Lipinski definition) is 12. The van der Waals surface area contributed by atoms with E-state index in [0.717, 1.165) is 22.2 Å². The Hall–Kier alpha value is -5.34. The van der Waals surface area contributed by atoms with Crippen LogP contribution < -0.4 is 33.2 Å². The number of hydrogen-bond donors (Lipinski definition) is 8. The number of rotatable bonds is 8. The van der Waals surface area contributed by atoms with E-state index in [1.54, 1.807) is 0 Å². The molecule has 3 rings (SSSR count). The van der Waals surface area contributed by atoms with Gasteiger partial charge in [0.25, 0.3) is 0 Å². The molecule has 14 heteroatoms. The first-order valence-electron chi connectivity index (χ1n) is 9.95. The third-order valence-electron chi connectivity index (χ3n) is 4.80. The average molecular weight is 494 g/mol. The highest BCUT2D eigenvalue weighted by atomic mass is 16.4. The second kappa shape index (κ2) is 10.3. The van der Waals surface area contributed by atoms with Gasteiger partial charge in [0.05, 0.1) is 35.2 Å². The largest absolute Gasteiger partial charge is 0.507 e. The van der Waals surface area contributed by atoms with Crippen molar-refractivity contribution < 1.29 is 30.0 Å². The van der Waals surface area contributed by atoms with Gasteiger partial charge in [0.15, 0.2) is 0 Å². The van der Waals surface area contributed by atoms with Gasteiger partial charge >= 0.3 is 11.9 Å². The Kier molecular flexibility index (Phi) is 7.23. The summed E-state index contributed by atoms with van der Waals surface area (Å²) < 4.78 is 0. The van der Waals surface area contributed by atoms with Crippen LogP contribution in [0.15, 0.2) is 61.2 Å². The van der Waals surface area contributed by atoms with Crippen molar-refractivity contribution in [2.45, 2.75) is 0 Å². The number of phenols is 2. The topological polar surface area (TPSA) is 251 Å². The Bertz CT molecular complexity index is 1290. The molecule has 3 aromatic rings. The second-order valence-electron chi connectivity index (χ2n) is 7.29. The molecule has 0 unspecified atom stereocenters. The standard InChI is InChI=1S/C22H22N8O6/c23-15(9-29(25)11-1-3-13(21(33)34)19(31)5-11)17-7-27-8-18(28-17)16(24)10-30(26)12-2-4-14(22(35)36)20(32)6-12/h1-10,31-32H,23-26H2,(H,33,34)(H,35,36)/b15-9-,16-10-. The molecule has 186 valence electrons. The summed E-state index contributed by atoms with van der Waals surface area (Å²) in [6, 6.07) is 7.46. The molecule has 0 aliphatic carbocycles. The van der Waals surface area contributed by atoms with Crippen LogP contribution in [0.3, 0.4) is 0 Å². The van der Waals surface area contributed by atoms with Gasteiger partial charge in [-0.1, -0.05) is 0 Å². The predicted octanol–water partition coefficient (Wildman–Crippen LogP) is 0.559. The molecule has 0 atom stereocenters. The van der Waals surface area contributed by atoms with Crippen molar-refractivity contribution in [3.63, 3.8) is 0 Å². The molecule has 0 amide bonds. The molecule has 36 heavy (non-hydrogen) atoms. The summed E-state index contributed by atoms with van der Waals surface area (Å²) in [7, 11) is 0. The summed E-state index contributed by atoms with van der Waals surface area (Å²) in [5.74, 6) is 8.38. The van der Waals surface area contributed by atoms with Gasteiger partial charge in [-0.15, -0.1) is 0 Å². The van der Waals surface area contributed by atoms with Gasteiger partial charge in [0.2, 0.25) is 0 Å². The quantitative estimate of drug-likeness (QED) is 0.157. The number of anilines is 2. The smallest absolute Gasteiger partial charge is 0.339 e. The van der Waals surface area contributed by atoms with E-state index in [1.165, 1.54) is 49.1 Å². The van der Waals surface area contributed by atoms with Crippen LogP contribution in [0, 0.1) is 0 Å². The molecule has 12 N–H and O–H groups in total. The molecule has 0 saturated heterocycles. The van der Waals surface area contributed by atoms with Crippen LogP contribution in [-0.4, -0.2) is 42.3 Å². The summed E-state index contributed by atoms with van der Waals surface area (Å²) in [6.45, 7) is 0. The number of hydrazine groups is 2. The van der Waals surface area contributed by atoms with E-state index >= 15 is 0 Å². The monoisotopic (exact) mass is 494 g/mol. The molecule has 0 bridgehead atoms. The lowest BCUT2D eigenvalue weighted by Gasteiger charge is -2.17. The SMILES string of the molecule is N/C(=C\N(N)c1ccc(C(=O)O)c(O)c1)c1cncc(/C(N)=C/N(N)c2ccc(C(=O)O)c(O)c2)n1. The van der Waals surface area contributed by atoms with Crippen molar-refractivity contribution in [1.29, 1.82) is 0 Å². The molecule has 0 aliphatic rings. The van der Waals surface area contributed by atoms with E-state index in [1.807, 2.05) is 0 Å². The minimum atomic E-state index is -1.29. The van der Waals surface area contributed by atoms with Crippen LogP contribution >= 0.6 is 0 Å². The van der Waals surface area contributed by atoms with E-state index in [4.69, 9.17) is 33.4 Å². The van der Waals surface area contributed by atoms with Crippen LogP contribution in [0.5, 0.6) is 11.5 Å². The van der Waals surface area contributed by atoms with E-state index < -0.39 is 23.4 Å². The Morgan fingerprint density at radius 3 is 1.47 bits per heavy atom. The van der Waals surface area contributed by atoms with Gasteiger partial charge in [-0.2, -0.15) is 0 Å². The van der Waals surface area contributed by atoms with E-state index in [0.29, 0.717) is 0 Å². The van der Waals surface area contributed by atoms with E-state index in [9.17, 15) is 19.8 Å². The van der Waals surface area contributed by atoms with Crippen LogP contribution in [0.1, 0.15) is 32.1 Å². The number of aromatic hydroxyl groups is 2. The number of carbonyl (C=O) groups is 2. The second-order valence-corrected chi connectivity index (χ2v) is 7.29. The van der Waals surface area contributed by atoms with Crippen molar-refractivity contribution >= 4 is 34.7 Å². The zero-order chi connectivity index (χ0) is 26.6. The third kappa shape index (κ3) is 5.58. The predicted molar refractivity (Wildman–Crippen MR) is 130 cm³/mol. The molecule has 0 fully saturated rings. The third-order valence-corrected chi connectivity index (χ3v) is 4.80. The lowest BCUT2D eigenvalue weighted by molar-refractivity contribution is 0.0682. The molecule has 1 heterocycles. The first-order chi connectivity index (χ1) is 17.0. The van der Waals surface area contributed by atoms with Crippen molar-refractivity contribution in [2.24, 2.45) is 23.2 Å². The number of benzene rings is 2. The van der Waals surface area contributed by atoms with Gasteiger partial charge in [0.1, 0.15) is 34.0 Å². The molecular weight excluding hydrogens is 472 g/mol. The summed E-state index contributed by atoms with van der Waals surface area (Å²) in [6.07, 6.45) is 5.27. The number of aromatic nitrogens is 2. The number of carboxylic acids is 2. The lowest BCUT2D eigenvalue weighted by atomic mass is 10.2. The van der Waals surface area contributed by atoms with Crippen molar-refractivity contribution in [3.8, 4) is 11.5 Å². The van der Waals surface area contributed by atoms with Gasteiger partial charge in [-0.05, 0) is 24.3 Å². The maximum Gasteiger partial charge on any atom is 0.339 e. The minimum Gasteiger partial charge on any atom is -0.507 e. The Balaban J connectivity index is 1.82. The number of nitrogens with zero attached hydrogens (tertiary/aromatic N) is 4. The van der Waals surface area contributed by atoms with Gasteiger partial charge in [-0.25, -0.2) is 26.3 Å². The minimum absolute atomic E-state index is 0.0697. The molecule has 0 radical (unpaired) electrons. The molecule has 0 aliphatic heterocycles.